The number of aliphatic hydroxyl groups excluding tert-OH is 1. The number of halogens is 2. The molecular weight excluding hydrogens is 253 g/mol. The average Bonchev–Trinajstić information content (AvgIpc) is 2.19. The maximum atomic E-state index is 13.4. The van der Waals surface area contributed by atoms with Crippen molar-refractivity contribution in [3.8, 4) is 5.75 Å². The lowest BCUT2D eigenvalue weighted by atomic mass is 10.1. The van der Waals surface area contributed by atoms with Gasteiger partial charge in [0.2, 0.25) is 0 Å². The van der Waals surface area contributed by atoms with Gasteiger partial charge in [-0.2, -0.15) is 0 Å². The number of aromatic hydroxyl groups is 1. The number of phenolic OH excluding ortho intramolecular Hbond substituents is 1. The predicted octanol–water partition coefficient (Wildman–Crippen LogP) is 1.59. The molecule has 1 unspecified atom stereocenters. The minimum atomic E-state index is -1.09. The number of aliphatic hydroxyl groups is 1. The Bertz CT molecular complexity index is 357. The Labute approximate surface area is 89.5 Å². The summed E-state index contributed by atoms with van der Waals surface area (Å²) in [7, 11) is 0. The summed E-state index contributed by atoms with van der Waals surface area (Å²) in [6.45, 7) is 1.60. The van der Waals surface area contributed by atoms with E-state index in [0.29, 0.717) is 10.0 Å². The second kappa shape index (κ2) is 4.25. The first-order valence-electron chi connectivity index (χ1n) is 4.04. The van der Waals surface area contributed by atoms with Crippen LogP contribution in [0.1, 0.15) is 17.2 Å². The zero-order valence-electron chi connectivity index (χ0n) is 7.59. The van der Waals surface area contributed by atoms with Crippen molar-refractivity contribution in [2.75, 3.05) is 6.54 Å². The monoisotopic (exact) mass is 263 g/mol. The molecule has 0 radical (unpaired) electrons. The summed E-state index contributed by atoms with van der Waals surface area (Å²) in [5.41, 5.74) is 5.87. The molecule has 1 aromatic rings. The van der Waals surface area contributed by atoms with Gasteiger partial charge in [0, 0.05) is 12.1 Å². The Kier molecular flexibility index (Phi) is 3.47. The molecule has 0 aromatic heterocycles. The van der Waals surface area contributed by atoms with Crippen LogP contribution in [0.25, 0.3) is 0 Å². The lowest BCUT2D eigenvalue weighted by molar-refractivity contribution is 0.180. The Hall–Kier alpha value is -0.650. The highest BCUT2D eigenvalue weighted by molar-refractivity contribution is 9.10. The smallest absolute Gasteiger partial charge is 0.171 e. The molecule has 0 saturated carbocycles. The van der Waals surface area contributed by atoms with Crippen LogP contribution in [0.2, 0.25) is 0 Å². The fourth-order valence-corrected chi connectivity index (χ4v) is 1.44. The van der Waals surface area contributed by atoms with Crippen LogP contribution in [0.15, 0.2) is 10.5 Å². The van der Waals surface area contributed by atoms with Crippen LogP contribution >= 0.6 is 15.9 Å². The van der Waals surface area contributed by atoms with Gasteiger partial charge in [-0.05, 0) is 34.5 Å². The lowest BCUT2D eigenvalue weighted by Gasteiger charge is -2.12. The van der Waals surface area contributed by atoms with E-state index in [-0.39, 0.29) is 12.1 Å². The average molecular weight is 264 g/mol. The summed E-state index contributed by atoms with van der Waals surface area (Å²) in [6, 6.07) is 1.46. The first-order valence-corrected chi connectivity index (χ1v) is 4.84. The molecule has 4 N–H and O–H groups in total. The number of hydrogen-bond donors (Lipinski definition) is 3. The lowest BCUT2D eigenvalue weighted by Crippen LogP contribution is -2.13. The van der Waals surface area contributed by atoms with E-state index in [1.54, 1.807) is 6.92 Å². The van der Waals surface area contributed by atoms with Crippen LogP contribution < -0.4 is 5.73 Å². The third-order valence-corrected chi connectivity index (χ3v) is 2.97. The first kappa shape index (κ1) is 11.4. The van der Waals surface area contributed by atoms with Crippen molar-refractivity contribution >= 4 is 15.9 Å². The third kappa shape index (κ3) is 1.89. The molecule has 0 aliphatic carbocycles. The molecule has 14 heavy (non-hydrogen) atoms. The Morgan fingerprint density at radius 1 is 1.64 bits per heavy atom. The predicted molar refractivity (Wildman–Crippen MR) is 54.5 cm³/mol. The van der Waals surface area contributed by atoms with Gasteiger partial charge >= 0.3 is 0 Å². The van der Waals surface area contributed by atoms with E-state index < -0.39 is 17.7 Å². The summed E-state index contributed by atoms with van der Waals surface area (Å²) in [5, 5.41) is 18.7. The van der Waals surface area contributed by atoms with Crippen LogP contribution in [-0.4, -0.2) is 16.8 Å². The van der Waals surface area contributed by atoms with E-state index in [1.165, 1.54) is 6.07 Å². The first-order chi connectivity index (χ1) is 6.49. The molecule has 0 fully saturated rings. The van der Waals surface area contributed by atoms with Crippen molar-refractivity contribution in [2.24, 2.45) is 5.73 Å². The largest absolute Gasteiger partial charge is 0.504 e. The van der Waals surface area contributed by atoms with E-state index in [4.69, 9.17) is 5.73 Å². The summed E-state index contributed by atoms with van der Waals surface area (Å²) in [4.78, 5) is 0. The third-order valence-electron chi connectivity index (χ3n) is 1.97. The number of phenols is 1. The maximum Gasteiger partial charge on any atom is 0.171 e. The molecule has 5 heteroatoms. The van der Waals surface area contributed by atoms with Crippen molar-refractivity contribution in [2.45, 2.75) is 13.0 Å². The van der Waals surface area contributed by atoms with Crippen molar-refractivity contribution in [1.29, 1.82) is 0 Å². The molecule has 1 atom stereocenters. The van der Waals surface area contributed by atoms with Gasteiger partial charge in [-0.25, -0.2) is 4.39 Å². The molecule has 0 bridgehead atoms. The summed E-state index contributed by atoms with van der Waals surface area (Å²) < 4.78 is 13.7. The quantitative estimate of drug-likeness (QED) is 0.760. The van der Waals surface area contributed by atoms with Crippen LogP contribution in [0.4, 0.5) is 4.39 Å². The fourth-order valence-electron chi connectivity index (χ4n) is 1.15. The van der Waals surface area contributed by atoms with E-state index in [2.05, 4.69) is 15.9 Å². The number of hydrogen-bond acceptors (Lipinski definition) is 3. The molecule has 3 nitrogen and oxygen atoms in total. The second-order valence-corrected chi connectivity index (χ2v) is 3.80. The highest BCUT2D eigenvalue weighted by Crippen LogP contribution is 2.34. The van der Waals surface area contributed by atoms with Crippen LogP contribution in [0, 0.1) is 12.7 Å². The SMILES string of the molecule is Cc1cc(C(O)CN)c(F)c(O)c1Br. The standard InChI is InChI=1S/C9H11BrFNO2/c1-4-2-5(6(13)3-12)8(11)9(14)7(4)10/h2,6,13-14H,3,12H2,1H3. The van der Waals surface area contributed by atoms with E-state index >= 15 is 0 Å². The van der Waals surface area contributed by atoms with Gasteiger partial charge in [0.05, 0.1) is 10.6 Å². The topological polar surface area (TPSA) is 66.5 Å². The second-order valence-electron chi connectivity index (χ2n) is 3.01. The van der Waals surface area contributed by atoms with Gasteiger partial charge in [-0.1, -0.05) is 0 Å². The summed E-state index contributed by atoms with van der Waals surface area (Å²) in [6.07, 6.45) is -1.09. The molecular formula is C9H11BrFNO2. The minimum absolute atomic E-state index is 0.0192. The Balaban J connectivity index is 3.33. The Morgan fingerprint density at radius 3 is 2.71 bits per heavy atom. The van der Waals surface area contributed by atoms with Crippen LogP contribution in [0.3, 0.4) is 0 Å². The molecule has 78 valence electrons. The molecule has 0 amide bonds. The van der Waals surface area contributed by atoms with E-state index in [0.717, 1.165) is 0 Å². The van der Waals surface area contributed by atoms with Gasteiger partial charge in [0.25, 0.3) is 0 Å². The zero-order valence-corrected chi connectivity index (χ0v) is 9.18. The fraction of sp³-hybridized carbons (Fsp3) is 0.333. The van der Waals surface area contributed by atoms with Gasteiger partial charge in [-0.3, -0.25) is 0 Å². The summed E-state index contributed by atoms with van der Waals surface area (Å²) >= 11 is 3.03. The maximum absolute atomic E-state index is 13.4. The molecule has 0 spiro atoms. The van der Waals surface area contributed by atoms with E-state index in [1.807, 2.05) is 0 Å². The molecule has 0 heterocycles. The van der Waals surface area contributed by atoms with Crippen LogP contribution in [0.5, 0.6) is 5.75 Å². The van der Waals surface area contributed by atoms with Crippen molar-refractivity contribution in [1.82, 2.24) is 0 Å². The highest BCUT2D eigenvalue weighted by atomic mass is 79.9. The van der Waals surface area contributed by atoms with Gasteiger partial charge < -0.3 is 15.9 Å². The molecule has 0 saturated heterocycles. The van der Waals surface area contributed by atoms with Gasteiger partial charge in [0.1, 0.15) is 0 Å². The zero-order chi connectivity index (χ0) is 10.9. The number of rotatable bonds is 2. The molecule has 1 aromatic carbocycles. The molecule has 0 aliphatic heterocycles. The van der Waals surface area contributed by atoms with Gasteiger partial charge in [0.15, 0.2) is 11.6 Å². The highest BCUT2D eigenvalue weighted by Gasteiger charge is 2.18. The molecule has 0 aliphatic rings. The normalized spacial score (nSPS) is 12.9. The van der Waals surface area contributed by atoms with Crippen molar-refractivity contribution in [3.05, 3.63) is 27.5 Å². The number of benzene rings is 1. The van der Waals surface area contributed by atoms with Crippen molar-refractivity contribution < 1.29 is 14.6 Å². The molecule has 1 rings (SSSR count). The number of nitrogens with two attached hydrogens (primary N) is 1. The minimum Gasteiger partial charge on any atom is -0.504 e. The Morgan fingerprint density at radius 2 is 2.21 bits per heavy atom. The van der Waals surface area contributed by atoms with Crippen LogP contribution in [-0.2, 0) is 0 Å². The van der Waals surface area contributed by atoms with Gasteiger partial charge in [-0.15, -0.1) is 0 Å². The number of aryl methyl sites for hydroxylation is 1. The summed E-state index contributed by atoms with van der Waals surface area (Å²) in [5.74, 6) is -1.33. The van der Waals surface area contributed by atoms with E-state index in [9.17, 15) is 14.6 Å². The van der Waals surface area contributed by atoms with Crippen molar-refractivity contribution in [3.63, 3.8) is 0 Å².